The average molecular weight is 269 g/mol. The fourth-order valence-corrected chi connectivity index (χ4v) is 2.64. The van der Waals surface area contributed by atoms with Crippen molar-refractivity contribution in [3.05, 3.63) is 29.3 Å². The number of nitrogens with zero attached hydrogens (tertiary/aromatic N) is 1. The van der Waals surface area contributed by atoms with Crippen LogP contribution in [0.25, 0.3) is 0 Å². The Hall–Kier alpha value is -0.770. The van der Waals surface area contributed by atoms with Crippen molar-refractivity contribution in [2.24, 2.45) is 0 Å². The van der Waals surface area contributed by atoms with E-state index in [9.17, 15) is 0 Å². The molecule has 1 heterocycles. The lowest BCUT2D eigenvalue weighted by Gasteiger charge is -2.26. The molecule has 2 unspecified atom stereocenters. The van der Waals surface area contributed by atoms with Crippen LogP contribution in [0.3, 0.4) is 0 Å². The molecule has 0 saturated carbocycles. The molecule has 0 aromatic heterocycles. The molecule has 1 aromatic rings. The van der Waals surface area contributed by atoms with Crippen LogP contribution in [0.4, 0.5) is 5.69 Å². The molecule has 4 heteroatoms. The Morgan fingerprint density at radius 3 is 2.89 bits per heavy atom. The number of halogens is 1. The smallest absolute Gasteiger partial charge is 0.0702 e. The van der Waals surface area contributed by atoms with Crippen LogP contribution in [0.5, 0.6) is 0 Å². The Labute approximate surface area is 114 Å². The summed E-state index contributed by atoms with van der Waals surface area (Å²) in [5.74, 6) is 0. The van der Waals surface area contributed by atoms with Gasteiger partial charge in [-0.05, 0) is 32.5 Å². The summed E-state index contributed by atoms with van der Waals surface area (Å²) in [7, 11) is 2.16. The third-order valence-corrected chi connectivity index (χ3v) is 3.89. The van der Waals surface area contributed by atoms with Crippen LogP contribution in [0.1, 0.15) is 13.3 Å². The zero-order chi connectivity index (χ0) is 13.0. The topological polar surface area (TPSA) is 24.5 Å². The Kier molecular flexibility index (Phi) is 4.87. The van der Waals surface area contributed by atoms with Gasteiger partial charge in [0.15, 0.2) is 0 Å². The fraction of sp³-hybridized carbons (Fsp3) is 0.571. The van der Waals surface area contributed by atoms with Crippen LogP contribution >= 0.6 is 11.6 Å². The molecule has 100 valence electrons. The van der Waals surface area contributed by atoms with Gasteiger partial charge >= 0.3 is 0 Å². The molecular weight excluding hydrogens is 248 g/mol. The predicted molar refractivity (Wildman–Crippen MR) is 76.4 cm³/mol. The highest BCUT2D eigenvalue weighted by Gasteiger charge is 2.27. The molecule has 1 aliphatic rings. The predicted octanol–water partition coefficient (Wildman–Crippen LogP) is 2.86. The normalized spacial score (nSPS) is 23.6. The van der Waals surface area contributed by atoms with Crippen molar-refractivity contribution in [1.82, 2.24) is 4.90 Å². The highest BCUT2D eigenvalue weighted by atomic mass is 35.5. The van der Waals surface area contributed by atoms with E-state index < -0.39 is 0 Å². The van der Waals surface area contributed by atoms with Crippen molar-refractivity contribution in [3.8, 4) is 0 Å². The van der Waals surface area contributed by atoms with E-state index in [0.29, 0.717) is 12.1 Å². The maximum absolute atomic E-state index is 6.09. The second-order valence-corrected chi connectivity index (χ2v) is 5.23. The van der Waals surface area contributed by atoms with Gasteiger partial charge in [-0.1, -0.05) is 23.7 Å². The first-order chi connectivity index (χ1) is 8.68. The summed E-state index contributed by atoms with van der Waals surface area (Å²) in [4.78, 5) is 2.36. The number of hydrogen-bond acceptors (Lipinski definition) is 3. The molecule has 3 nitrogen and oxygen atoms in total. The molecule has 1 N–H and O–H groups in total. The number of ether oxygens (including phenoxy) is 1. The van der Waals surface area contributed by atoms with E-state index in [0.717, 1.165) is 36.8 Å². The van der Waals surface area contributed by atoms with Crippen molar-refractivity contribution < 1.29 is 4.74 Å². The molecule has 0 spiro atoms. The van der Waals surface area contributed by atoms with Gasteiger partial charge in [-0.2, -0.15) is 0 Å². The summed E-state index contributed by atoms with van der Waals surface area (Å²) in [6.07, 6.45) is 1.47. The first-order valence-electron chi connectivity index (χ1n) is 6.48. The molecule has 1 aromatic carbocycles. The summed E-state index contributed by atoms with van der Waals surface area (Å²) in [6.45, 7) is 4.91. The highest BCUT2D eigenvalue weighted by Crippen LogP contribution is 2.21. The van der Waals surface area contributed by atoms with Gasteiger partial charge in [-0.25, -0.2) is 0 Å². The average Bonchev–Trinajstić information content (AvgIpc) is 2.78. The first kappa shape index (κ1) is 13.7. The SMILES string of the molecule is CC1OCCC1N(C)CCNc1ccccc1Cl. The van der Waals surface area contributed by atoms with Crippen LogP contribution in [0.2, 0.25) is 5.02 Å². The van der Waals surface area contributed by atoms with Gasteiger partial charge in [0.25, 0.3) is 0 Å². The number of nitrogens with one attached hydrogen (secondary N) is 1. The molecule has 1 saturated heterocycles. The van der Waals surface area contributed by atoms with Gasteiger partial charge < -0.3 is 10.1 Å². The molecule has 1 aliphatic heterocycles. The highest BCUT2D eigenvalue weighted by molar-refractivity contribution is 6.33. The van der Waals surface area contributed by atoms with E-state index in [4.69, 9.17) is 16.3 Å². The van der Waals surface area contributed by atoms with Crippen molar-refractivity contribution in [2.75, 3.05) is 32.1 Å². The van der Waals surface area contributed by atoms with E-state index in [1.165, 1.54) is 0 Å². The van der Waals surface area contributed by atoms with Gasteiger partial charge in [-0.15, -0.1) is 0 Å². The molecule has 0 bridgehead atoms. The molecule has 2 atom stereocenters. The summed E-state index contributed by atoms with van der Waals surface area (Å²) < 4.78 is 5.59. The Morgan fingerprint density at radius 1 is 1.44 bits per heavy atom. The number of benzene rings is 1. The monoisotopic (exact) mass is 268 g/mol. The van der Waals surface area contributed by atoms with Crippen LogP contribution < -0.4 is 5.32 Å². The minimum atomic E-state index is 0.343. The second-order valence-electron chi connectivity index (χ2n) is 4.82. The lowest BCUT2D eigenvalue weighted by Crippen LogP contribution is -2.39. The Morgan fingerprint density at radius 2 is 2.22 bits per heavy atom. The van der Waals surface area contributed by atoms with Crippen molar-refractivity contribution in [3.63, 3.8) is 0 Å². The maximum Gasteiger partial charge on any atom is 0.0702 e. The number of para-hydroxylation sites is 1. The lowest BCUT2D eigenvalue weighted by atomic mass is 10.1. The molecule has 0 amide bonds. The standard InChI is InChI=1S/C14H21ClN2O/c1-11-14(7-10-18-11)17(2)9-8-16-13-6-4-3-5-12(13)15/h3-6,11,14,16H,7-10H2,1-2H3. The summed E-state index contributed by atoms with van der Waals surface area (Å²) in [6, 6.07) is 8.38. The van der Waals surface area contributed by atoms with Crippen LogP contribution in [-0.4, -0.2) is 43.8 Å². The van der Waals surface area contributed by atoms with Gasteiger partial charge in [0.05, 0.1) is 16.8 Å². The van der Waals surface area contributed by atoms with Gasteiger partial charge in [0, 0.05) is 25.7 Å². The minimum Gasteiger partial charge on any atom is -0.383 e. The fourth-order valence-electron chi connectivity index (χ4n) is 2.44. The first-order valence-corrected chi connectivity index (χ1v) is 6.86. The maximum atomic E-state index is 6.09. The van der Waals surface area contributed by atoms with Crippen molar-refractivity contribution >= 4 is 17.3 Å². The molecule has 0 aliphatic carbocycles. The van der Waals surface area contributed by atoms with Crippen molar-refractivity contribution in [1.29, 1.82) is 0 Å². The third-order valence-electron chi connectivity index (χ3n) is 3.56. The molecule has 2 rings (SSSR count). The zero-order valence-electron chi connectivity index (χ0n) is 11.0. The Balaban J connectivity index is 1.77. The molecule has 18 heavy (non-hydrogen) atoms. The largest absolute Gasteiger partial charge is 0.383 e. The van der Waals surface area contributed by atoms with E-state index in [1.54, 1.807) is 0 Å². The number of rotatable bonds is 5. The quantitative estimate of drug-likeness (QED) is 0.889. The summed E-state index contributed by atoms with van der Waals surface area (Å²) in [5, 5.41) is 4.14. The molecular formula is C14H21ClN2O. The van der Waals surface area contributed by atoms with Crippen LogP contribution in [-0.2, 0) is 4.74 Å². The van der Waals surface area contributed by atoms with Gasteiger partial charge in [-0.3, -0.25) is 4.90 Å². The van der Waals surface area contributed by atoms with E-state index in [1.807, 2.05) is 24.3 Å². The van der Waals surface area contributed by atoms with E-state index in [2.05, 4.69) is 24.2 Å². The number of hydrogen-bond donors (Lipinski definition) is 1. The summed E-state index contributed by atoms with van der Waals surface area (Å²) in [5.41, 5.74) is 1.00. The number of likely N-dealkylation sites (N-methyl/N-ethyl adjacent to an activating group) is 1. The minimum absolute atomic E-state index is 0.343. The zero-order valence-corrected chi connectivity index (χ0v) is 11.8. The van der Waals surface area contributed by atoms with Gasteiger partial charge in [0.2, 0.25) is 0 Å². The van der Waals surface area contributed by atoms with E-state index >= 15 is 0 Å². The molecule has 1 fully saturated rings. The third kappa shape index (κ3) is 3.37. The number of anilines is 1. The van der Waals surface area contributed by atoms with Crippen LogP contribution in [0, 0.1) is 0 Å². The Bertz CT molecular complexity index is 386. The van der Waals surface area contributed by atoms with Gasteiger partial charge in [0.1, 0.15) is 0 Å². The van der Waals surface area contributed by atoms with Crippen molar-refractivity contribution in [2.45, 2.75) is 25.5 Å². The van der Waals surface area contributed by atoms with Crippen LogP contribution in [0.15, 0.2) is 24.3 Å². The summed E-state index contributed by atoms with van der Waals surface area (Å²) >= 11 is 6.09. The van der Waals surface area contributed by atoms with E-state index in [-0.39, 0.29) is 0 Å². The molecule has 0 radical (unpaired) electrons. The lowest BCUT2D eigenvalue weighted by molar-refractivity contribution is 0.0850. The second kappa shape index (κ2) is 6.41.